The fraction of sp³-hybridized carbons (Fsp3) is 0. The number of hydrogen-bond acceptors (Lipinski definition) is 7. The topological polar surface area (TPSA) is 91.4 Å². The lowest BCUT2D eigenvalue weighted by Gasteiger charge is -2.10. The average Bonchev–Trinajstić information content (AvgIpc) is 3.43. The van der Waals surface area contributed by atoms with Gasteiger partial charge in [0.15, 0.2) is 5.82 Å². The van der Waals surface area contributed by atoms with Gasteiger partial charge in [0.25, 0.3) is 0 Å². The molecular weight excluding hydrogens is 394 g/mol. The molecule has 7 nitrogen and oxygen atoms in total. The van der Waals surface area contributed by atoms with Crippen LogP contribution in [0, 0.1) is 0 Å². The van der Waals surface area contributed by atoms with Gasteiger partial charge in [-0.3, -0.25) is 5.10 Å². The van der Waals surface area contributed by atoms with Crippen molar-refractivity contribution >= 4 is 66.5 Å². The molecular formula is C22H15N7S. The summed E-state index contributed by atoms with van der Waals surface area (Å²) < 4.78 is 0.999. The van der Waals surface area contributed by atoms with Gasteiger partial charge in [0.05, 0.1) is 21.9 Å². The van der Waals surface area contributed by atoms with Gasteiger partial charge in [-0.05, 0) is 41.1 Å². The summed E-state index contributed by atoms with van der Waals surface area (Å²) in [7, 11) is 0. The fourth-order valence-electron chi connectivity index (χ4n) is 3.43. The smallest absolute Gasteiger partial charge is 0.231 e. The molecule has 6 aromatic rings. The zero-order valence-corrected chi connectivity index (χ0v) is 16.4. The lowest BCUT2D eigenvalue weighted by Crippen LogP contribution is -2.02. The number of hydrogen-bond donors (Lipinski definition) is 3. The number of nitrogens with one attached hydrogen (secondary N) is 3. The summed E-state index contributed by atoms with van der Waals surface area (Å²) in [5.41, 5.74) is 2.81. The van der Waals surface area contributed by atoms with Crippen LogP contribution in [-0.4, -0.2) is 25.1 Å². The van der Waals surface area contributed by atoms with Crippen LogP contribution in [0.25, 0.3) is 31.9 Å². The molecule has 6 rings (SSSR count). The van der Waals surface area contributed by atoms with Crippen LogP contribution in [0.15, 0.2) is 72.4 Å². The highest BCUT2D eigenvalue weighted by atomic mass is 32.1. The van der Waals surface area contributed by atoms with Crippen molar-refractivity contribution in [2.75, 3.05) is 10.6 Å². The maximum atomic E-state index is 4.73. The van der Waals surface area contributed by atoms with Crippen molar-refractivity contribution in [2.45, 2.75) is 0 Å². The van der Waals surface area contributed by atoms with Crippen molar-refractivity contribution in [3.8, 4) is 0 Å². The van der Waals surface area contributed by atoms with E-state index in [1.165, 1.54) is 0 Å². The molecule has 2 aromatic carbocycles. The summed E-state index contributed by atoms with van der Waals surface area (Å²) in [4.78, 5) is 13.9. The van der Waals surface area contributed by atoms with Crippen molar-refractivity contribution in [1.29, 1.82) is 0 Å². The minimum atomic E-state index is 0.496. The van der Waals surface area contributed by atoms with E-state index in [1.54, 1.807) is 17.5 Å². The van der Waals surface area contributed by atoms with Crippen LogP contribution >= 0.6 is 11.3 Å². The van der Waals surface area contributed by atoms with Gasteiger partial charge in [-0.1, -0.05) is 24.3 Å². The molecule has 8 heteroatoms. The van der Waals surface area contributed by atoms with Crippen LogP contribution in [0.3, 0.4) is 0 Å². The highest BCUT2D eigenvalue weighted by molar-refractivity contribution is 7.17. The number of rotatable bonds is 4. The molecule has 0 fully saturated rings. The number of pyridine rings is 1. The van der Waals surface area contributed by atoms with Crippen LogP contribution in [0.1, 0.15) is 0 Å². The quantitative estimate of drug-likeness (QED) is 0.351. The molecule has 4 aromatic heterocycles. The summed E-state index contributed by atoms with van der Waals surface area (Å²) in [5, 5.41) is 19.0. The number of thiophene rings is 1. The molecule has 0 unspecified atom stereocenters. The van der Waals surface area contributed by atoms with Crippen molar-refractivity contribution < 1.29 is 0 Å². The van der Waals surface area contributed by atoms with Crippen molar-refractivity contribution in [1.82, 2.24) is 25.1 Å². The van der Waals surface area contributed by atoms with Crippen LogP contribution in [0.5, 0.6) is 0 Å². The number of fused-ring (bicyclic) bond motifs is 3. The first-order valence-electron chi connectivity index (χ1n) is 9.39. The highest BCUT2D eigenvalue weighted by Gasteiger charge is 2.11. The van der Waals surface area contributed by atoms with E-state index in [-0.39, 0.29) is 0 Å². The van der Waals surface area contributed by atoms with E-state index in [2.05, 4.69) is 36.9 Å². The molecule has 30 heavy (non-hydrogen) atoms. The molecule has 0 aliphatic rings. The molecule has 144 valence electrons. The molecule has 3 N–H and O–H groups in total. The molecule has 0 spiro atoms. The lowest BCUT2D eigenvalue weighted by atomic mass is 10.2. The second-order valence-electron chi connectivity index (χ2n) is 6.87. The number of benzene rings is 2. The Labute approximate surface area is 174 Å². The molecule has 4 heterocycles. The maximum Gasteiger partial charge on any atom is 0.231 e. The van der Waals surface area contributed by atoms with Gasteiger partial charge in [-0.25, -0.2) is 9.97 Å². The summed E-state index contributed by atoms with van der Waals surface area (Å²) in [6, 6.07) is 18.1. The summed E-state index contributed by atoms with van der Waals surface area (Å²) >= 11 is 1.61. The van der Waals surface area contributed by atoms with Gasteiger partial charge in [0, 0.05) is 22.7 Å². The van der Waals surface area contributed by atoms with Gasteiger partial charge >= 0.3 is 0 Å². The lowest BCUT2D eigenvalue weighted by molar-refractivity contribution is 1.12. The number of nitrogens with zero attached hydrogens (tertiary/aromatic N) is 4. The van der Waals surface area contributed by atoms with E-state index in [9.17, 15) is 0 Å². The molecule has 0 aliphatic heterocycles. The first-order chi connectivity index (χ1) is 14.8. The predicted molar refractivity (Wildman–Crippen MR) is 122 cm³/mol. The van der Waals surface area contributed by atoms with Crippen molar-refractivity contribution in [2.24, 2.45) is 0 Å². The van der Waals surface area contributed by atoms with Crippen LogP contribution in [0.2, 0.25) is 0 Å². The second kappa shape index (κ2) is 6.78. The number of anilines is 4. The third-order valence-electron chi connectivity index (χ3n) is 4.88. The minimum Gasteiger partial charge on any atom is -0.339 e. The maximum absolute atomic E-state index is 4.73. The molecule has 0 radical (unpaired) electrons. The van der Waals surface area contributed by atoms with Gasteiger partial charge in [0.1, 0.15) is 5.82 Å². The molecule has 0 atom stereocenters. The van der Waals surface area contributed by atoms with E-state index < -0.39 is 0 Å². The molecule has 0 saturated carbocycles. The molecule has 0 bridgehead atoms. The van der Waals surface area contributed by atoms with Gasteiger partial charge in [-0.2, -0.15) is 10.1 Å². The van der Waals surface area contributed by atoms with Crippen molar-refractivity contribution in [3.63, 3.8) is 0 Å². The Hall–Kier alpha value is -4.04. The van der Waals surface area contributed by atoms with Gasteiger partial charge in [-0.15, -0.1) is 11.3 Å². The van der Waals surface area contributed by atoms with E-state index >= 15 is 0 Å². The average molecular weight is 409 g/mol. The van der Waals surface area contributed by atoms with Crippen LogP contribution in [-0.2, 0) is 0 Å². The Kier molecular flexibility index (Phi) is 3.82. The fourth-order valence-corrected chi connectivity index (χ4v) is 4.20. The number of H-pyrrole nitrogens is 1. The second-order valence-corrected chi connectivity index (χ2v) is 7.79. The normalized spacial score (nSPS) is 11.3. The third-order valence-corrected chi connectivity index (χ3v) is 5.79. The molecule has 0 saturated heterocycles. The Morgan fingerprint density at radius 3 is 2.73 bits per heavy atom. The van der Waals surface area contributed by atoms with Crippen molar-refractivity contribution in [3.05, 3.63) is 72.4 Å². The minimum absolute atomic E-state index is 0.496. The Morgan fingerprint density at radius 2 is 1.77 bits per heavy atom. The SMILES string of the molecule is c1ccc2cc(Nc3nc(Nc4ccc5[nH]ncc5c4)c4sccc4n3)ncc2c1. The van der Waals surface area contributed by atoms with E-state index in [0.717, 1.165) is 43.4 Å². The zero-order chi connectivity index (χ0) is 19.9. The number of aromatic amines is 1. The van der Waals surface area contributed by atoms with E-state index in [4.69, 9.17) is 4.98 Å². The first kappa shape index (κ1) is 16.9. The Bertz CT molecular complexity index is 1520. The standard InChI is InChI=1S/C22H15N7S/c1-2-4-14-11-23-19(10-13(14)3-1)27-22-26-18-7-8-30-20(18)21(28-22)25-16-5-6-17-15(9-16)12-24-29-17/h1-12H,(H,24,29)(H2,23,25,26,27,28). The summed E-state index contributed by atoms with van der Waals surface area (Å²) in [5.74, 6) is 1.95. The monoisotopic (exact) mass is 409 g/mol. The third kappa shape index (κ3) is 2.99. The predicted octanol–water partition coefficient (Wildman–Crippen LogP) is 5.60. The van der Waals surface area contributed by atoms with Crippen LogP contribution < -0.4 is 10.6 Å². The van der Waals surface area contributed by atoms with Gasteiger partial charge < -0.3 is 10.6 Å². The highest BCUT2D eigenvalue weighted by Crippen LogP contribution is 2.31. The molecule has 0 amide bonds. The number of aromatic nitrogens is 5. The summed E-state index contributed by atoms with van der Waals surface area (Å²) in [6.07, 6.45) is 3.65. The van der Waals surface area contributed by atoms with Gasteiger partial charge in [0.2, 0.25) is 5.95 Å². The van der Waals surface area contributed by atoms with Crippen LogP contribution in [0.4, 0.5) is 23.3 Å². The molecule has 0 aliphatic carbocycles. The first-order valence-corrected chi connectivity index (χ1v) is 10.3. The zero-order valence-electron chi connectivity index (χ0n) is 15.6. The van der Waals surface area contributed by atoms with E-state index in [0.29, 0.717) is 11.8 Å². The van der Waals surface area contributed by atoms with E-state index in [1.807, 2.05) is 60.1 Å². The Balaban J connectivity index is 1.38. The largest absolute Gasteiger partial charge is 0.339 e. The summed E-state index contributed by atoms with van der Waals surface area (Å²) in [6.45, 7) is 0. The Morgan fingerprint density at radius 1 is 0.833 bits per heavy atom.